The van der Waals surface area contributed by atoms with Gasteiger partial charge in [0, 0.05) is 64.6 Å². The molecule has 4 aromatic heterocycles. The SMILES string of the molecule is C.COc1ccc(CN(c2ccncc2)c2nc(-c3ccccc3)nc3ccccc23)cc1.c1ccc(-c2nc(Nc3ccncc3)c3ccccc3n2)cc1. The number of nitrogens with zero attached hydrogens (tertiary/aromatic N) is 7. The second-order valence-corrected chi connectivity index (χ2v) is 12.5. The molecule has 9 aromatic rings. The Balaban J connectivity index is 0.000000177. The highest BCUT2D eigenvalue weighted by Crippen LogP contribution is 2.34. The van der Waals surface area contributed by atoms with Crippen LogP contribution in [0.5, 0.6) is 5.75 Å². The molecule has 0 fully saturated rings. The molecule has 0 bridgehead atoms. The zero-order valence-corrected chi connectivity index (χ0v) is 30.1. The van der Waals surface area contributed by atoms with Crippen molar-refractivity contribution in [2.45, 2.75) is 14.0 Å². The van der Waals surface area contributed by atoms with Crippen molar-refractivity contribution < 1.29 is 4.74 Å². The predicted molar refractivity (Wildman–Crippen MR) is 227 cm³/mol. The van der Waals surface area contributed by atoms with E-state index < -0.39 is 0 Å². The largest absolute Gasteiger partial charge is 0.497 e. The number of rotatable bonds is 9. The summed E-state index contributed by atoms with van der Waals surface area (Å²) in [5.41, 5.74) is 6.91. The van der Waals surface area contributed by atoms with Gasteiger partial charge in [-0.25, -0.2) is 19.9 Å². The monoisotopic (exact) mass is 732 g/mol. The van der Waals surface area contributed by atoms with Crippen molar-refractivity contribution >= 4 is 44.8 Å². The van der Waals surface area contributed by atoms with Gasteiger partial charge in [0.05, 0.1) is 18.1 Å². The standard InChI is InChI=1S/C27H22N4O.C19H14N4.CH4/c1-32-23-13-11-20(12-14-23)19-31(22-15-17-28-18-16-22)27-24-9-5-6-10-25(24)29-26(30-27)21-7-3-2-4-8-21;1-2-6-14(7-3-1)18-22-17-9-5-4-8-16(17)19(23-18)21-15-10-12-20-13-11-15;/h2-18H,19H2,1H3;1-13H,(H,20,21,22,23);1H4. The lowest BCUT2D eigenvalue weighted by Gasteiger charge is -2.26. The van der Waals surface area contributed by atoms with Gasteiger partial charge in [-0.1, -0.05) is 104 Å². The molecule has 0 aliphatic rings. The molecule has 0 saturated heterocycles. The first-order valence-electron chi connectivity index (χ1n) is 17.8. The number of aromatic nitrogens is 6. The average molecular weight is 733 g/mol. The molecule has 274 valence electrons. The summed E-state index contributed by atoms with van der Waals surface area (Å²) in [7, 11) is 1.68. The molecule has 4 heterocycles. The van der Waals surface area contributed by atoms with Gasteiger partial charge in [0.25, 0.3) is 0 Å². The zero-order chi connectivity index (χ0) is 37.2. The average Bonchev–Trinajstić information content (AvgIpc) is 3.27. The molecule has 0 radical (unpaired) electrons. The highest BCUT2D eigenvalue weighted by atomic mass is 16.5. The second kappa shape index (κ2) is 17.5. The molecule has 9 rings (SSSR count). The number of hydrogen-bond donors (Lipinski definition) is 1. The van der Waals surface area contributed by atoms with E-state index in [0.29, 0.717) is 18.2 Å². The number of methoxy groups -OCH3 is 1. The number of nitrogens with one attached hydrogen (secondary N) is 1. The number of pyridine rings is 2. The minimum atomic E-state index is 0. The summed E-state index contributed by atoms with van der Waals surface area (Å²) in [6, 6.07) is 52.2. The number of fused-ring (bicyclic) bond motifs is 2. The van der Waals surface area contributed by atoms with E-state index >= 15 is 0 Å². The van der Waals surface area contributed by atoms with E-state index in [1.54, 1.807) is 31.9 Å². The van der Waals surface area contributed by atoms with Crippen molar-refractivity contribution in [1.82, 2.24) is 29.9 Å². The van der Waals surface area contributed by atoms with Gasteiger partial charge in [-0.2, -0.15) is 0 Å². The zero-order valence-electron chi connectivity index (χ0n) is 30.1. The molecule has 1 N–H and O–H groups in total. The molecule has 56 heavy (non-hydrogen) atoms. The molecule has 5 aromatic carbocycles. The predicted octanol–water partition coefficient (Wildman–Crippen LogP) is 11.1. The molecular weight excluding hydrogens is 693 g/mol. The number of benzene rings is 5. The fourth-order valence-corrected chi connectivity index (χ4v) is 6.17. The second-order valence-electron chi connectivity index (χ2n) is 12.5. The van der Waals surface area contributed by atoms with E-state index in [2.05, 4.69) is 43.4 Å². The van der Waals surface area contributed by atoms with Crippen LogP contribution in [0.4, 0.5) is 23.0 Å². The lowest BCUT2D eigenvalue weighted by Crippen LogP contribution is -2.19. The Kier molecular flexibility index (Phi) is 11.5. The Morgan fingerprint density at radius 1 is 0.518 bits per heavy atom. The Labute approximate surface area is 326 Å². The van der Waals surface area contributed by atoms with Gasteiger partial charge in [-0.3, -0.25) is 9.97 Å². The van der Waals surface area contributed by atoms with Crippen molar-refractivity contribution in [1.29, 1.82) is 0 Å². The van der Waals surface area contributed by atoms with Crippen molar-refractivity contribution in [2.75, 3.05) is 17.3 Å². The smallest absolute Gasteiger partial charge is 0.162 e. The van der Waals surface area contributed by atoms with Gasteiger partial charge in [0.15, 0.2) is 11.6 Å². The quantitative estimate of drug-likeness (QED) is 0.155. The summed E-state index contributed by atoms with van der Waals surface area (Å²) in [6.07, 6.45) is 7.11. The molecule has 0 aliphatic heterocycles. The first-order valence-corrected chi connectivity index (χ1v) is 17.8. The lowest BCUT2D eigenvalue weighted by atomic mass is 10.1. The normalized spacial score (nSPS) is 10.5. The Morgan fingerprint density at radius 3 is 1.64 bits per heavy atom. The molecule has 0 atom stereocenters. The lowest BCUT2D eigenvalue weighted by molar-refractivity contribution is 0.414. The van der Waals surface area contributed by atoms with Crippen molar-refractivity contribution in [3.05, 3.63) is 188 Å². The molecular formula is C47H40N8O. The molecule has 9 nitrogen and oxygen atoms in total. The van der Waals surface area contributed by atoms with Gasteiger partial charge in [-0.15, -0.1) is 0 Å². The van der Waals surface area contributed by atoms with Gasteiger partial charge in [0.2, 0.25) is 0 Å². The Hall–Kier alpha value is -7.52. The highest BCUT2D eigenvalue weighted by molar-refractivity contribution is 5.93. The third kappa shape index (κ3) is 8.48. The van der Waals surface area contributed by atoms with Crippen LogP contribution >= 0.6 is 0 Å². The van der Waals surface area contributed by atoms with E-state index in [1.807, 2.05) is 140 Å². The number of para-hydroxylation sites is 2. The van der Waals surface area contributed by atoms with Crippen LogP contribution in [-0.2, 0) is 6.54 Å². The Morgan fingerprint density at radius 2 is 1.04 bits per heavy atom. The van der Waals surface area contributed by atoms with Crippen molar-refractivity contribution in [3.8, 4) is 28.5 Å². The maximum atomic E-state index is 5.32. The first-order chi connectivity index (χ1) is 27.2. The molecule has 0 saturated carbocycles. The van der Waals surface area contributed by atoms with E-state index in [4.69, 9.17) is 19.7 Å². The minimum absolute atomic E-state index is 0. The van der Waals surface area contributed by atoms with Crippen LogP contribution in [0, 0.1) is 0 Å². The van der Waals surface area contributed by atoms with Gasteiger partial charge < -0.3 is 15.0 Å². The van der Waals surface area contributed by atoms with Crippen LogP contribution < -0.4 is 15.0 Å². The van der Waals surface area contributed by atoms with Crippen LogP contribution in [0.3, 0.4) is 0 Å². The number of ether oxygens (including phenoxy) is 1. The van der Waals surface area contributed by atoms with Crippen LogP contribution in [-0.4, -0.2) is 37.0 Å². The van der Waals surface area contributed by atoms with Gasteiger partial charge >= 0.3 is 0 Å². The first kappa shape index (κ1) is 36.8. The summed E-state index contributed by atoms with van der Waals surface area (Å²) in [6.45, 7) is 0.642. The van der Waals surface area contributed by atoms with E-state index in [0.717, 1.165) is 67.3 Å². The molecule has 0 amide bonds. The summed E-state index contributed by atoms with van der Waals surface area (Å²) < 4.78 is 5.32. The maximum Gasteiger partial charge on any atom is 0.162 e. The third-order valence-electron chi connectivity index (χ3n) is 8.92. The maximum absolute atomic E-state index is 5.32. The van der Waals surface area contributed by atoms with Crippen molar-refractivity contribution in [2.24, 2.45) is 0 Å². The van der Waals surface area contributed by atoms with Crippen LogP contribution in [0.15, 0.2) is 183 Å². The molecule has 0 spiro atoms. The third-order valence-corrected chi connectivity index (χ3v) is 8.92. The van der Waals surface area contributed by atoms with Crippen molar-refractivity contribution in [3.63, 3.8) is 0 Å². The van der Waals surface area contributed by atoms with E-state index in [9.17, 15) is 0 Å². The topological polar surface area (TPSA) is 102 Å². The number of hydrogen-bond acceptors (Lipinski definition) is 9. The van der Waals surface area contributed by atoms with Crippen LogP contribution in [0.2, 0.25) is 0 Å². The fourth-order valence-electron chi connectivity index (χ4n) is 6.17. The van der Waals surface area contributed by atoms with Crippen LogP contribution in [0.1, 0.15) is 13.0 Å². The number of anilines is 4. The minimum Gasteiger partial charge on any atom is -0.497 e. The summed E-state index contributed by atoms with van der Waals surface area (Å²) in [4.78, 5) is 29.8. The van der Waals surface area contributed by atoms with E-state index in [-0.39, 0.29) is 7.43 Å². The van der Waals surface area contributed by atoms with Gasteiger partial charge in [0.1, 0.15) is 17.4 Å². The molecule has 9 heteroatoms. The highest BCUT2D eigenvalue weighted by Gasteiger charge is 2.18. The summed E-state index contributed by atoms with van der Waals surface area (Å²) in [5.74, 6) is 3.90. The molecule has 0 aliphatic carbocycles. The Bertz CT molecular complexity index is 2630. The fraction of sp³-hybridized carbons (Fsp3) is 0.0638. The summed E-state index contributed by atoms with van der Waals surface area (Å²) >= 11 is 0. The molecule has 0 unspecified atom stereocenters. The van der Waals surface area contributed by atoms with Crippen LogP contribution in [0.25, 0.3) is 44.6 Å². The summed E-state index contributed by atoms with van der Waals surface area (Å²) in [5, 5.41) is 5.35. The van der Waals surface area contributed by atoms with E-state index in [1.165, 1.54) is 0 Å². The van der Waals surface area contributed by atoms with Gasteiger partial charge in [-0.05, 0) is 66.2 Å².